The highest BCUT2D eigenvalue weighted by Gasteiger charge is 2.24. The first-order valence-electron chi connectivity index (χ1n) is 14.4. The summed E-state index contributed by atoms with van der Waals surface area (Å²) < 4.78 is 4.80. The molecule has 2 aromatic heterocycles. The van der Waals surface area contributed by atoms with Gasteiger partial charge in [0, 0.05) is 38.8 Å². The second-order valence-corrected chi connectivity index (χ2v) is 11.2. The summed E-state index contributed by atoms with van der Waals surface area (Å²) in [5.74, 6) is -0.182. The van der Waals surface area contributed by atoms with Crippen molar-refractivity contribution in [1.82, 2.24) is 9.13 Å². The molecule has 0 fully saturated rings. The number of nitrogens with zero attached hydrogens (tertiary/aromatic N) is 3. The van der Waals surface area contributed by atoms with Gasteiger partial charge in [0.25, 0.3) is 0 Å². The van der Waals surface area contributed by atoms with Crippen LogP contribution in [0.3, 0.4) is 0 Å². The summed E-state index contributed by atoms with van der Waals surface area (Å²) in [6.07, 6.45) is 11.8. The first-order valence-corrected chi connectivity index (χ1v) is 14.4. The van der Waals surface area contributed by atoms with E-state index in [0.29, 0.717) is 6.42 Å². The van der Waals surface area contributed by atoms with E-state index in [0.717, 1.165) is 29.8 Å². The van der Waals surface area contributed by atoms with Crippen molar-refractivity contribution < 1.29 is 0 Å². The Morgan fingerprint density at radius 2 is 1.54 bits per heavy atom. The standard InChI is InChI=1S/C38H29N3/c1-25-10-8-16-34-33-15-4-7-19-37(33)41(38(25)34)30-21-26(24-39)20-28(23-30)27-11-9-12-29(22-27)40-35-17-5-2-13-31(35)32-14-3-6-18-36(32)40/h2-6,8-18,21-23,26H,7,19-20H2,1H3. The molecule has 2 heterocycles. The number of aromatic nitrogens is 2. The van der Waals surface area contributed by atoms with Crippen molar-refractivity contribution in [2.24, 2.45) is 5.92 Å². The summed E-state index contributed by atoms with van der Waals surface area (Å²) >= 11 is 0. The van der Waals surface area contributed by atoms with Gasteiger partial charge in [0.05, 0.1) is 28.5 Å². The Kier molecular flexibility index (Phi) is 5.37. The molecule has 0 bridgehead atoms. The SMILES string of the molecule is Cc1cccc2c3c(n(C4=CC(C#N)CC(c5cccc(-n6c7ccccc7c7ccccc76)c5)=C4)c12)CCC=C3. The summed E-state index contributed by atoms with van der Waals surface area (Å²) in [6.45, 7) is 2.19. The van der Waals surface area contributed by atoms with Crippen LogP contribution < -0.4 is 0 Å². The third kappa shape index (κ3) is 3.65. The maximum Gasteiger partial charge on any atom is 0.0707 e. The molecule has 0 radical (unpaired) electrons. The van der Waals surface area contributed by atoms with Gasteiger partial charge in [-0.3, -0.25) is 0 Å². The normalized spacial score (nSPS) is 16.5. The number of aryl methyl sites for hydroxylation is 1. The molecule has 3 heteroatoms. The molecule has 0 N–H and O–H groups in total. The predicted octanol–water partition coefficient (Wildman–Crippen LogP) is 9.47. The number of hydrogen-bond acceptors (Lipinski definition) is 1. The Morgan fingerprint density at radius 1 is 0.805 bits per heavy atom. The average Bonchev–Trinajstić information content (AvgIpc) is 3.55. The van der Waals surface area contributed by atoms with Crippen molar-refractivity contribution in [3.8, 4) is 11.8 Å². The fraction of sp³-hybridized carbons (Fsp3) is 0.132. The molecule has 8 rings (SSSR count). The highest BCUT2D eigenvalue weighted by molar-refractivity contribution is 6.09. The predicted molar refractivity (Wildman–Crippen MR) is 171 cm³/mol. The third-order valence-electron chi connectivity index (χ3n) is 8.78. The fourth-order valence-corrected chi connectivity index (χ4v) is 6.98. The van der Waals surface area contributed by atoms with E-state index < -0.39 is 0 Å². The van der Waals surface area contributed by atoms with Crippen molar-refractivity contribution in [1.29, 1.82) is 5.26 Å². The molecule has 0 aliphatic heterocycles. The lowest BCUT2D eigenvalue weighted by Gasteiger charge is -2.22. The minimum Gasteiger partial charge on any atom is -0.313 e. The number of fused-ring (bicyclic) bond motifs is 6. The van der Waals surface area contributed by atoms with Crippen molar-refractivity contribution in [3.63, 3.8) is 0 Å². The molecule has 0 amide bonds. The van der Waals surface area contributed by atoms with E-state index in [1.54, 1.807) is 0 Å². The van der Waals surface area contributed by atoms with Crippen LogP contribution in [-0.2, 0) is 6.42 Å². The van der Waals surface area contributed by atoms with Gasteiger partial charge < -0.3 is 9.13 Å². The molecule has 3 nitrogen and oxygen atoms in total. The summed E-state index contributed by atoms with van der Waals surface area (Å²) in [5, 5.41) is 14.0. The third-order valence-corrected chi connectivity index (χ3v) is 8.78. The second kappa shape index (κ2) is 9.25. The average molecular weight is 528 g/mol. The molecular formula is C38H29N3. The maximum absolute atomic E-state index is 10.2. The zero-order chi connectivity index (χ0) is 27.5. The van der Waals surface area contributed by atoms with Gasteiger partial charge in [-0.2, -0.15) is 5.26 Å². The Balaban J connectivity index is 1.31. The smallest absolute Gasteiger partial charge is 0.0707 e. The summed E-state index contributed by atoms with van der Waals surface area (Å²) in [4.78, 5) is 0. The van der Waals surface area contributed by atoms with Gasteiger partial charge in [0.2, 0.25) is 0 Å². The molecule has 0 spiro atoms. The first-order chi connectivity index (χ1) is 20.2. The molecule has 1 unspecified atom stereocenters. The number of para-hydroxylation sites is 3. The van der Waals surface area contributed by atoms with Crippen LogP contribution in [0.25, 0.3) is 55.7 Å². The molecule has 41 heavy (non-hydrogen) atoms. The van der Waals surface area contributed by atoms with Crippen LogP contribution in [0.15, 0.2) is 109 Å². The van der Waals surface area contributed by atoms with Gasteiger partial charge in [0.1, 0.15) is 0 Å². The van der Waals surface area contributed by atoms with Crippen LogP contribution >= 0.6 is 0 Å². The van der Waals surface area contributed by atoms with Gasteiger partial charge in [0.15, 0.2) is 0 Å². The molecule has 196 valence electrons. The van der Waals surface area contributed by atoms with E-state index in [4.69, 9.17) is 0 Å². The molecule has 2 aliphatic carbocycles. The molecule has 2 aliphatic rings. The van der Waals surface area contributed by atoms with E-state index in [1.165, 1.54) is 55.1 Å². The fourth-order valence-electron chi connectivity index (χ4n) is 6.98. The van der Waals surface area contributed by atoms with Crippen molar-refractivity contribution in [2.45, 2.75) is 26.2 Å². The molecule has 0 saturated carbocycles. The van der Waals surface area contributed by atoms with E-state index in [1.807, 2.05) is 0 Å². The van der Waals surface area contributed by atoms with Crippen molar-refractivity contribution >= 4 is 50.1 Å². The minimum atomic E-state index is -0.182. The van der Waals surface area contributed by atoms with Gasteiger partial charge in [-0.1, -0.05) is 78.9 Å². The molecule has 4 aromatic carbocycles. The molecule has 1 atom stereocenters. The van der Waals surface area contributed by atoms with Crippen LogP contribution in [0.1, 0.15) is 35.2 Å². The van der Waals surface area contributed by atoms with Gasteiger partial charge in [-0.15, -0.1) is 0 Å². The zero-order valence-corrected chi connectivity index (χ0v) is 23.0. The lowest BCUT2D eigenvalue weighted by Crippen LogP contribution is -2.10. The summed E-state index contributed by atoms with van der Waals surface area (Å²) in [7, 11) is 0. The largest absolute Gasteiger partial charge is 0.313 e. The number of nitriles is 1. The second-order valence-electron chi connectivity index (χ2n) is 11.2. The Bertz CT molecular complexity index is 2100. The zero-order valence-electron chi connectivity index (χ0n) is 23.0. The van der Waals surface area contributed by atoms with Crippen molar-refractivity contribution in [2.75, 3.05) is 0 Å². The van der Waals surface area contributed by atoms with Crippen LogP contribution in [0.5, 0.6) is 0 Å². The van der Waals surface area contributed by atoms with Crippen LogP contribution in [-0.4, -0.2) is 9.13 Å². The highest BCUT2D eigenvalue weighted by Crippen LogP contribution is 2.40. The van der Waals surface area contributed by atoms with Gasteiger partial charge in [-0.05, 0) is 79.3 Å². The lowest BCUT2D eigenvalue weighted by atomic mass is 9.89. The van der Waals surface area contributed by atoms with E-state index in [2.05, 4.69) is 137 Å². The minimum absolute atomic E-state index is 0.182. The monoisotopic (exact) mass is 527 g/mol. The van der Waals surface area contributed by atoms with Crippen molar-refractivity contribution in [3.05, 3.63) is 132 Å². The lowest BCUT2D eigenvalue weighted by molar-refractivity contribution is 0.834. The number of allylic oxidation sites excluding steroid dienone is 5. The Hall–Kier alpha value is -5.07. The maximum atomic E-state index is 10.2. The van der Waals surface area contributed by atoms with E-state index in [9.17, 15) is 5.26 Å². The Labute approximate surface area is 239 Å². The number of benzene rings is 4. The molecule has 6 aromatic rings. The molecule has 0 saturated heterocycles. The van der Waals surface area contributed by atoms with E-state index in [-0.39, 0.29) is 5.92 Å². The first kappa shape index (κ1) is 23.8. The van der Waals surface area contributed by atoms with Crippen LogP contribution in [0.4, 0.5) is 0 Å². The summed E-state index contributed by atoms with van der Waals surface area (Å²) in [6, 6.07) is 35.2. The van der Waals surface area contributed by atoms with Crippen LogP contribution in [0, 0.1) is 24.2 Å². The van der Waals surface area contributed by atoms with Gasteiger partial charge in [-0.25, -0.2) is 0 Å². The highest BCUT2D eigenvalue weighted by atomic mass is 15.0. The molecular weight excluding hydrogens is 498 g/mol. The quantitative estimate of drug-likeness (QED) is 0.226. The summed E-state index contributed by atoms with van der Waals surface area (Å²) in [5.41, 5.74) is 12.2. The van der Waals surface area contributed by atoms with Crippen LogP contribution in [0.2, 0.25) is 0 Å². The van der Waals surface area contributed by atoms with E-state index >= 15 is 0 Å². The topological polar surface area (TPSA) is 33.6 Å². The number of hydrogen-bond donors (Lipinski definition) is 0. The Morgan fingerprint density at radius 3 is 2.32 bits per heavy atom. The van der Waals surface area contributed by atoms with Gasteiger partial charge >= 0.3 is 0 Å². The number of rotatable bonds is 3.